The van der Waals surface area contributed by atoms with Crippen molar-refractivity contribution < 1.29 is 14.3 Å². The molecule has 1 saturated heterocycles. The SMILES string of the molecule is CC(C(=O)N1CCc2ccccc21)N1CCCC(CNC(=O)OC(C)(C)C)C1. The molecule has 0 bridgehead atoms. The highest BCUT2D eigenvalue weighted by Gasteiger charge is 2.33. The minimum Gasteiger partial charge on any atom is -0.444 e. The Kier molecular flexibility index (Phi) is 6.28. The van der Waals surface area contributed by atoms with Gasteiger partial charge in [-0.15, -0.1) is 0 Å². The average Bonchev–Trinajstić information content (AvgIpc) is 3.08. The van der Waals surface area contributed by atoms with Crippen molar-refractivity contribution in [3.8, 4) is 0 Å². The number of hydrogen-bond acceptors (Lipinski definition) is 4. The molecule has 2 aliphatic heterocycles. The summed E-state index contributed by atoms with van der Waals surface area (Å²) in [7, 11) is 0. The smallest absolute Gasteiger partial charge is 0.407 e. The number of nitrogens with zero attached hydrogens (tertiary/aromatic N) is 2. The predicted molar refractivity (Wildman–Crippen MR) is 110 cm³/mol. The van der Waals surface area contributed by atoms with Gasteiger partial charge in [-0.2, -0.15) is 0 Å². The van der Waals surface area contributed by atoms with E-state index in [1.807, 2.05) is 50.8 Å². The monoisotopic (exact) mass is 387 g/mol. The predicted octanol–water partition coefficient (Wildman–Crippen LogP) is 3.20. The van der Waals surface area contributed by atoms with Crippen molar-refractivity contribution in [1.29, 1.82) is 0 Å². The van der Waals surface area contributed by atoms with Crippen LogP contribution in [-0.4, -0.2) is 54.7 Å². The number of carbonyl (C=O) groups is 2. The zero-order valence-electron chi connectivity index (χ0n) is 17.5. The molecule has 2 aliphatic rings. The first-order valence-electron chi connectivity index (χ1n) is 10.3. The second kappa shape index (κ2) is 8.52. The molecule has 6 nitrogen and oxygen atoms in total. The zero-order chi connectivity index (χ0) is 20.3. The van der Waals surface area contributed by atoms with E-state index in [-0.39, 0.29) is 18.0 Å². The lowest BCUT2D eigenvalue weighted by Crippen LogP contribution is -2.51. The van der Waals surface area contributed by atoms with Crippen LogP contribution in [0.1, 0.15) is 46.1 Å². The maximum Gasteiger partial charge on any atom is 0.407 e. The van der Waals surface area contributed by atoms with E-state index in [2.05, 4.69) is 16.3 Å². The number of hydrogen-bond donors (Lipinski definition) is 1. The van der Waals surface area contributed by atoms with Crippen LogP contribution in [0.2, 0.25) is 0 Å². The molecule has 28 heavy (non-hydrogen) atoms. The standard InChI is InChI=1S/C22H33N3O3/c1-16(20(26)25-13-11-18-9-5-6-10-19(18)25)24-12-7-8-17(15-24)14-23-21(27)28-22(2,3)4/h5-6,9-10,16-17H,7-8,11-15H2,1-4H3,(H,23,27). The van der Waals surface area contributed by atoms with E-state index in [1.54, 1.807) is 0 Å². The molecule has 3 rings (SSSR count). The molecule has 2 atom stereocenters. The number of fused-ring (bicyclic) bond motifs is 1. The van der Waals surface area contributed by atoms with Gasteiger partial charge in [-0.3, -0.25) is 9.69 Å². The van der Waals surface area contributed by atoms with Crippen LogP contribution < -0.4 is 10.2 Å². The topological polar surface area (TPSA) is 61.9 Å². The third-order valence-corrected chi connectivity index (χ3v) is 5.54. The number of para-hydroxylation sites is 1. The van der Waals surface area contributed by atoms with Gasteiger partial charge in [0.2, 0.25) is 5.91 Å². The highest BCUT2D eigenvalue weighted by molar-refractivity contribution is 5.98. The lowest BCUT2D eigenvalue weighted by molar-refractivity contribution is -0.123. The van der Waals surface area contributed by atoms with Crippen molar-refractivity contribution in [1.82, 2.24) is 10.2 Å². The minimum absolute atomic E-state index is 0.157. The van der Waals surface area contributed by atoms with Gasteiger partial charge in [-0.25, -0.2) is 4.79 Å². The van der Waals surface area contributed by atoms with Gasteiger partial charge in [0.25, 0.3) is 0 Å². The van der Waals surface area contributed by atoms with Crippen LogP contribution in [0, 0.1) is 5.92 Å². The maximum absolute atomic E-state index is 13.1. The van der Waals surface area contributed by atoms with E-state index in [0.717, 1.165) is 44.6 Å². The number of anilines is 1. The minimum atomic E-state index is -0.490. The lowest BCUT2D eigenvalue weighted by Gasteiger charge is -2.37. The largest absolute Gasteiger partial charge is 0.444 e. The third kappa shape index (κ3) is 5.04. The van der Waals surface area contributed by atoms with E-state index in [4.69, 9.17) is 4.74 Å². The second-order valence-corrected chi connectivity index (χ2v) is 8.93. The van der Waals surface area contributed by atoms with Gasteiger partial charge in [0.15, 0.2) is 0 Å². The summed E-state index contributed by atoms with van der Waals surface area (Å²) in [5, 5.41) is 2.88. The normalized spacial score (nSPS) is 21.1. The quantitative estimate of drug-likeness (QED) is 0.862. The molecule has 2 heterocycles. The number of carbonyl (C=O) groups excluding carboxylic acids is 2. The van der Waals surface area contributed by atoms with Crippen LogP contribution in [0.3, 0.4) is 0 Å². The van der Waals surface area contributed by atoms with Gasteiger partial charge >= 0.3 is 6.09 Å². The molecule has 0 saturated carbocycles. The first-order chi connectivity index (χ1) is 13.2. The number of nitrogens with one attached hydrogen (secondary N) is 1. The van der Waals surface area contributed by atoms with E-state index in [0.29, 0.717) is 12.5 Å². The van der Waals surface area contributed by atoms with Gasteiger partial charge in [0.05, 0.1) is 6.04 Å². The van der Waals surface area contributed by atoms with Crippen molar-refractivity contribution in [3.05, 3.63) is 29.8 Å². The second-order valence-electron chi connectivity index (χ2n) is 8.93. The Labute approximate surface area is 168 Å². The number of amides is 2. The number of likely N-dealkylation sites (tertiary alicyclic amines) is 1. The molecule has 1 N–H and O–H groups in total. The average molecular weight is 388 g/mol. The van der Waals surface area contributed by atoms with E-state index in [9.17, 15) is 9.59 Å². The van der Waals surface area contributed by atoms with Crippen LogP contribution in [0.25, 0.3) is 0 Å². The van der Waals surface area contributed by atoms with Crippen LogP contribution in [-0.2, 0) is 16.0 Å². The number of ether oxygens (including phenoxy) is 1. The van der Waals surface area contributed by atoms with Crippen molar-refractivity contribution in [3.63, 3.8) is 0 Å². The van der Waals surface area contributed by atoms with Gasteiger partial charge in [-0.1, -0.05) is 18.2 Å². The summed E-state index contributed by atoms with van der Waals surface area (Å²) in [4.78, 5) is 29.2. The summed E-state index contributed by atoms with van der Waals surface area (Å²) < 4.78 is 5.32. The van der Waals surface area contributed by atoms with Crippen molar-refractivity contribution >= 4 is 17.7 Å². The highest BCUT2D eigenvalue weighted by atomic mass is 16.6. The third-order valence-electron chi connectivity index (χ3n) is 5.54. The molecule has 2 amide bonds. The molecule has 0 spiro atoms. The van der Waals surface area contributed by atoms with Crippen LogP contribution in [0.15, 0.2) is 24.3 Å². The van der Waals surface area contributed by atoms with Gasteiger partial charge in [0, 0.05) is 25.3 Å². The number of alkyl carbamates (subject to hydrolysis) is 1. The van der Waals surface area contributed by atoms with Gasteiger partial charge in [-0.05, 0) is 71.0 Å². The zero-order valence-corrected chi connectivity index (χ0v) is 17.5. The Morgan fingerprint density at radius 1 is 1.25 bits per heavy atom. The van der Waals surface area contributed by atoms with Gasteiger partial charge < -0.3 is 15.0 Å². The molecule has 0 aliphatic carbocycles. The van der Waals surface area contributed by atoms with Crippen LogP contribution >= 0.6 is 0 Å². The first kappa shape index (κ1) is 20.6. The number of benzene rings is 1. The summed E-state index contributed by atoms with van der Waals surface area (Å²) in [6.07, 6.45) is 2.65. The summed E-state index contributed by atoms with van der Waals surface area (Å²) in [5.74, 6) is 0.507. The van der Waals surface area contributed by atoms with Crippen LogP contribution in [0.4, 0.5) is 10.5 Å². The molecular formula is C22H33N3O3. The molecule has 0 radical (unpaired) electrons. The molecule has 1 aromatic rings. The molecule has 0 aromatic heterocycles. The van der Waals surface area contributed by atoms with E-state index in [1.165, 1.54) is 5.56 Å². The highest BCUT2D eigenvalue weighted by Crippen LogP contribution is 2.29. The molecule has 6 heteroatoms. The fourth-order valence-corrected chi connectivity index (χ4v) is 4.11. The maximum atomic E-state index is 13.1. The Hall–Kier alpha value is -2.08. The fourth-order valence-electron chi connectivity index (χ4n) is 4.11. The molecule has 1 fully saturated rings. The summed E-state index contributed by atoms with van der Waals surface area (Å²) in [6.45, 7) is 10.7. The fraction of sp³-hybridized carbons (Fsp3) is 0.636. The summed E-state index contributed by atoms with van der Waals surface area (Å²) in [6, 6.07) is 8.01. The van der Waals surface area contributed by atoms with Crippen LogP contribution in [0.5, 0.6) is 0 Å². The number of rotatable bonds is 4. The van der Waals surface area contributed by atoms with E-state index < -0.39 is 5.60 Å². The first-order valence-corrected chi connectivity index (χ1v) is 10.3. The van der Waals surface area contributed by atoms with Crippen molar-refractivity contribution in [2.24, 2.45) is 5.92 Å². The Morgan fingerprint density at radius 3 is 2.75 bits per heavy atom. The molecule has 154 valence electrons. The van der Waals surface area contributed by atoms with Gasteiger partial charge in [0.1, 0.15) is 5.60 Å². The number of piperidine rings is 1. The molecule has 2 unspecified atom stereocenters. The lowest BCUT2D eigenvalue weighted by atomic mass is 9.96. The Morgan fingerprint density at radius 2 is 2.00 bits per heavy atom. The molecular weight excluding hydrogens is 354 g/mol. The molecule has 1 aromatic carbocycles. The summed E-state index contributed by atoms with van der Waals surface area (Å²) >= 11 is 0. The Balaban J connectivity index is 1.54. The van der Waals surface area contributed by atoms with Crippen molar-refractivity contribution in [2.75, 3.05) is 31.1 Å². The summed E-state index contributed by atoms with van der Waals surface area (Å²) in [5.41, 5.74) is 1.82. The van der Waals surface area contributed by atoms with E-state index >= 15 is 0 Å². The van der Waals surface area contributed by atoms with Crippen molar-refractivity contribution in [2.45, 2.75) is 58.6 Å². The Bertz CT molecular complexity index is 713.